The minimum atomic E-state index is -3.81. The third-order valence-corrected chi connectivity index (χ3v) is 7.48. The molecule has 7 nitrogen and oxygen atoms in total. The van der Waals surface area contributed by atoms with Crippen molar-refractivity contribution in [1.29, 1.82) is 0 Å². The summed E-state index contributed by atoms with van der Waals surface area (Å²) in [6.45, 7) is 9.39. The lowest BCUT2D eigenvalue weighted by molar-refractivity contribution is -0.140. The maximum absolute atomic E-state index is 13.8. The first-order valence-electron chi connectivity index (χ1n) is 11.8. The number of nitrogens with zero attached hydrogens (tertiary/aromatic N) is 2. The first kappa shape index (κ1) is 29.9. The summed E-state index contributed by atoms with van der Waals surface area (Å²) in [7, 11) is -3.81. The zero-order chi connectivity index (χ0) is 27.2. The number of amides is 2. The number of aryl methyl sites for hydroxylation is 2. The summed E-state index contributed by atoms with van der Waals surface area (Å²) in [6, 6.07) is 9.51. The van der Waals surface area contributed by atoms with Crippen molar-refractivity contribution in [2.24, 2.45) is 5.92 Å². The first-order chi connectivity index (χ1) is 16.7. The number of hydrogen-bond acceptors (Lipinski definition) is 4. The second-order valence-electron chi connectivity index (χ2n) is 9.40. The van der Waals surface area contributed by atoms with Crippen molar-refractivity contribution in [3.05, 3.63) is 63.1 Å². The molecular weight excluding hydrogens is 521 g/mol. The van der Waals surface area contributed by atoms with Crippen LogP contribution < -0.4 is 9.62 Å². The molecule has 2 rings (SSSR count). The molecule has 1 atom stereocenters. The molecule has 0 unspecified atom stereocenters. The van der Waals surface area contributed by atoms with Crippen molar-refractivity contribution in [2.75, 3.05) is 23.7 Å². The average molecular weight is 557 g/mol. The number of benzene rings is 2. The number of hydrogen-bond donors (Lipinski definition) is 1. The smallest absolute Gasteiger partial charge is 0.244 e. The summed E-state index contributed by atoms with van der Waals surface area (Å²) >= 11 is 12.8. The van der Waals surface area contributed by atoms with Gasteiger partial charge >= 0.3 is 0 Å². The quantitative estimate of drug-likeness (QED) is 0.424. The number of carbonyl (C=O) groups excluding carboxylic acids is 2. The predicted molar refractivity (Wildman–Crippen MR) is 147 cm³/mol. The fourth-order valence-electron chi connectivity index (χ4n) is 3.90. The molecule has 0 saturated carbocycles. The van der Waals surface area contributed by atoms with Crippen molar-refractivity contribution in [2.45, 2.75) is 53.6 Å². The Hall–Kier alpha value is -2.29. The van der Waals surface area contributed by atoms with Crippen LogP contribution in [0.1, 0.15) is 43.9 Å². The lowest BCUT2D eigenvalue weighted by Gasteiger charge is -2.33. The molecule has 2 amide bonds. The molecule has 0 aliphatic heterocycles. The van der Waals surface area contributed by atoms with E-state index in [1.807, 2.05) is 33.8 Å². The number of rotatable bonds is 11. The molecule has 2 aromatic carbocycles. The van der Waals surface area contributed by atoms with E-state index in [0.29, 0.717) is 34.3 Å². The summed E-state index contributed by atoms with van der Waals surface area (Å²) < 4.78 is 26.6. The average Bonchev–Trinajstić information content (AvgIpc) is 2.76. The minimum absolute atomic E-state index is 0.0462. The second kappa shape index (κ2) is 12.8. The molecule has 0 fully saturated rings. The highest BCUT2D eigenvalue weighted by molar-refractivity contribution is 7.92. The lowest BCUT2D eigenvalue weighted by Crippen LogP contribution is -2.52. The molecule has 0 radical (unpaired) electrons. The van der Waals surface area contributed by atoms with Gasteiger partial charge in [0.1, 0.15) is 12.6 Å². The zero-order valence-corrected chi connectivity index (χ0v) is 24.0. The highest BCUT2D eigenvalue weighted by atomic mass is 35.5. The van der Waals surface area contributed by atoms with E-state index >= 15 is 0 Å². The number of nitrogens with one attached hydrogen (secondary N) is 1. The van der Waals surface area contributed by atoms with Crippen molar-refractivity contribution in [3.8, 4) is 0 Å². The molecule has 2 aromatic rings. The topological polar surface area (TPSA) is 86.8 Å². The van der Waals surface area contributed by atoms with Crippen LogP contribution in [0.4, 0.5) is 5.69 Å². The number of halogens is 2. The van der Waals surface area contributed by atoms with Crippen LogP contribution in [0.25, 0.3) is 0 Å². The van der Waals surface area contributed by atoms with Crippen LogP contribution in [-0.2, 0) is 26.2 Å². The predicted octanol–water partition coefficient (Wildman–Crippen LogP) is 4.96. The Balaban J connectivity index is 2.51. The Kier molecular flexibility index (Phi) is 10.6. The maximum Gasteiger partial charge on any atom is 0.244 e. The molecule has 10 heteroatoms. The van der Waals surface area contributed by atoms with Gasteiger partial charge in [0.15, 0.2) is 0 Å². The fraction of sp³-hybridized carbons (Fsp3) is 0.462. The van der Waals surface area contributed by atoms with Crippen LogP contribution in [0, 0.1) is 19.8 Å². The molecule has 0 aromatic heterocycles. The van der Waals surface area contributed by atoms with E-state index in [4.69, 9.17) is 23.2 Å². The molecule has 0 saturated heterocycles. The number of anilines is 1. The van der Waals surface area contributed by atoms with Gasteiger partial charge in [-0.3, -0.25) is 13.9 Å². The molecule has 0 aliphatic rings. The van der Waals surface area contributed by atoms with Crippen LogP contribution in [-0.4, -0.2) is 50.5 Å². The van der Waals surface area contributed by atoms with Gasteiger partial charge in [-0.15, -0.1) is 0 Å². The van der Waals surface area contributed by atoms with E-state index < -0.39 is 28.5 Å². The van der Waals surface area contributed by atoms with Crippen molar-refractivity contribution < 1.29 is 18.0 Å². The Morgan fingerprint density at radius 1 is 1.03 bits per heavy atom. The molecule has 0 aliphatic carbocycles. The maximum atomic E-state index is 13.8. The number of sulfonamides is 1. The van der Waals surface area contributed by atoms with E-state index in [2.05, 4.69) is 5.32 Å². The zero-order valence-electron chi connectivity index (χ0n) is 21.6. The van der Waals surface area contributed by atoms with Crippen LogP contribution in [0.2, 0.25) is 10.0 Å². The fourth-order valence-corrected chi connectivity index (χ4v) is 5.25. The Bertz CT molecular complexity index is 1160. The van der Waals surface area contributed by atoms with E-state index in [-0.39, 0.29) is 18.4 Å². The Morgan fingerprint density at radius 3 is 2.06 bits per heavy atom. The minimum Gasteiger partial charge on any atom is -0.354 e. The summed E-state index contributed by atoms with van der Waals surface area (Å²) in [5, 5.41) is 3.59. The van der Waals surface area contributed by atoms with E-state index in [1.165, 1.54) is 4.90 Å². The Labute approximate surface area is 224 Å². The van der Waals surface area contributed by atoms with Gasteiger partial charge in [-0.05, 0) is 61.6 Å². The normalized spacial score (nSPS) is 12.4. The second-order valence-corrected chi connectivity index (χ2v) is 12.1. The van der Waals surface area contributed by atoms with Crippen molar-refractivity contribution in [3.63, 3.8) is 0 Å². The molecule has 0 bridgehead atoms. The standard InChI is InChI=1S/C26H35Cl2N3O4S/c1-7-24(26(33)29-14-17(2)3)30(15-21-22(27)9-8-10-23(21)28)25(32)16-31(36(6,34)35)20-12-18(4)11-19(5)13-20/h8-13,17,24H,7,14-16H2,1-6H3,(H,29,33)/t24-/m0/s1. The van der Waals surface area contributed by atoms with Gasteiger partial charge in [0, 0.05) is 28.7 Å². The molecule has 0 heterocycles. The molecular formula is C26H35Cl2N3O4S. The van der Waals surface area contributed by atoms with E-state index in [1.54, 1.807) is 37.3 Å². The van der Waals surface area contributed by atoms with Crippen molar-refractivity contribution >= 4 is 50.7 Å². The third-order valence-electron chi connectivity index (χ3n) is 5.63. The Morgan fingerprint density at radius 2 is 1.58 bits per heavy atom. The van der Waals surface area contributed by atoms with Gasteiger partial charge in [0.2, 0.25) is 21.8 Å². The van der Waals surface area contributed by atoms with Gasteiger partial charge < -0.3 is 10.2 Å². The summed E-state index contributed by atoms with van der Waals surface area (Å²) in [5.74, 6) is -0.638. The molecule has 1 N–H and O–H groups in total. The SMILES string of the molecule is CC[C@@H](C(=O)NCC(C)C)N(Cc1c(Cl)cccc1Cl)C(=O)CN(c1cc(C)cc(C)c1)S(C)(=O)=O. The van der Waals surface area contributed by atoms with Crippen LogP contribution in [0.3, 0.4) is 0 Å². The largest absolute Gasteiger partial charge is 0.354 e. The highest BCUT2D eigenvalue weighted by Gasteiger charge is 2.32. The van der Waals surface area contributed by atoms with Crippen LogP contribution in [0.15, 0.2) is 36.4 Å². The third kappa shape index (κ3) is 8.11. The van der Waals surface area contributed by atoms with E-state index in [0.717, 1.165) is 21.7 Å². The van der Waals surface area contributed by atoms with Gasteiger partial charge in [0.25, 0.3) is 0 Å². The van der Waals surface area contributed by atoms with Gasteiger partial charge in [-0.1, -0.05) is 56.1 Å². The van der Waals surface area contributed by atoms with Crippen LogP contribution in [0.5, 0.6) is 0 Å². The van der Waals surface area contributed by atoms with Gasteiger partial charge in [-0.2, -0.15) is 0 Å². The highest BCUT2D eigenvalue weighted by Crippen LogP contribution is 2.28. The summed E-state index contributed by atoms with van der Waals surface area (Å²) in [5.41, 5.74) is 2.61. The van der Waals surface area contributed by atoms with Crippen molar-refractivity contribution in [1.82, 2.24) is 10.2 Å². The van der Waals surface area contributed by atoms with Gasteiger partial charge in [0.05, 0.1) is 11.9 Å². The lowest BCUT2D eigenvalue weighted by atomic mass is 10.1. The first-order valence-corrected chi connectivity index (χ1v) is 14.4. The molecule has 36 heavy (non-hydrogen) atoms. The van der Waals surface area contributed by atoms with Gasteiger partial charge in [-0.25, -0.2) is 8.42 Å². The van der Waals surface area contributed by atoms with E-state index in [9.17, 15) is 18.0 Å². The summed E-state index contributed by atoms with van der Waals surface area (Å²) in [4.78, 5) is 28.3. The summed E-state index contributed by atoms with van der Waals surface area (Å²) in [6.07, 6.45) is 1.38. The molecule has 198 valence electrons. The molecule has 0 spiro atoms. The number of carbonyl (C=O) groups is 2. The van der Waals surface area contributed by atoms with Crippen LogP contribution >= 0.6 is 23.2 Å². The monoisotopic (exact) mass is 555 g/mol.